The van der Waals surface area contributed by atoms with Gasteiger partial charge in [0.05, 0.1) is 22.8 Å². The van der Waals surface area contributed by atoms with Crippen LogP contribution in [0.25, 0.3) is 134 Å². The summed E-state index contributed by atoms with van der Waals surface area (Å²) in [4.78, 5) is 19.1. The molecule has 0 atom stereocenters. The van der Waals surface area contributed by atoms with Crippen LogP contribution in [0.3, 0.4) is 0 Å². The van der Waals surface area contributed by atoms with E-state index in [1.54, 1.807) is 0 Å². The van der Waals surface area contributed by atoms with Crippen LogP contribution >= 0.6 is 0 Å². The third kappa shape index (κ3) is 6.44. The minimum Gasteiger partial charge on any atom is -0.354 e. The minimum absolute atomic E-state index is 0.875. The van der Waals surface area contributed by atoms with E-state index in [0.29, 0.717) is 0 Å². The Morgan fingerprint density at radius 2 is 0.618 bits per heavy atom. The van der Waals surface area contributed by atoms with Crippen molar-refractivity contribution in [3.63, 3.8) is 0 Å². The fourth-order valence-corrected chi connectivity index (χ4v) is 10.5. The van der Waals surface area contributed by atoms with Gasteiger partial charge in [0, 0.05) is 114 Å². The van der Waals surface area contributed by atoms with Crippen molar-refractivity contribution in [3.8, 4) is 44.5 Å². The van der Waals surface area contributed by atoms with Gasteiger partial charge in [0.15, 0.2) is 24.8 Å². The number of hydrogen-bond acceptors (Lipinski definition) is 2. The van der Waals surface area contributed by atoms with Crippen LogP contribution in [-0.4, -0.2) is 19.9 Å². The van der Waals surface area contributed by atoms with E-state index in [-0.39, 0.29) is 0 Å². The number of rotatable bonds is 4. The Bertz CT molecular complexity index is 4120. The smallest absolute Gasteiger partial charge is 0.212 e. The van der Waals surface area contributed by atoms with Gasteiger partial charge in [-0.1, -0.05) is 6.07 Å². The lowest BCUT2D eigenvalue weighted by Gasteiger charge is -2.08. The van der Waals surface area contributed by atoms with E-state index < -0.39 is 0 Å². The van der Waals surface area contributed by atoms with Crippen molar-refractivity contribution in [1.29, 1.82) is 0 Å². The van der Waals surface area contributed by atoms with E-state index in [4.69, 9.17) is 9.97 Å². The Hall–Kier alpha value is -8.88. The number of H-pyrrole nitrogens is 2. The number of fused-ring (bicyclic) bond motifs is 12. The molecule has 7 aromatic heterocycles. The van der Waals surface area contributed by atoms with Gasteiger partial charge in [0.2, 0.25) is 22.1 Å². The summed E-state index contributed by atoms with van der Waals surface area (Å²) in [6, 6.07) is 52.8. The Morgan fingerprint density at radius 3 is 0.985 bits per heavy atom. The summed E-state index contributed by atoms with van der Waals surface area (Å²) >= 11 is 0. The highest BCUT2D eigenvalue weighted by atomic mass is 14.9. The maximum Gasteiger partial charge on any atom is 0.212 e. The molecule has 2 N–H and O–H groups in total. The van der Waals surface area contributed by atoms with Crippen LogP contribution in [0.15, 0.2) is 170 Å². The van der Waals surface area contributed by atoms with Crippen LogP contribution in [0.4, 0.5) is 0 Å². The fourth-order valence-electron chi connectivity index (χ4n) is 10.5. The van der Waals surface area contributed by atoms with Crippen LogP contribution in [-0.2, 0) is 28.2 Å². The average Bonchev–Trinajstić information content (AvgIpc) is 4.21. The van der Waals surface area contributed by atoms with Gasteiger partial charge in [-0.15, -0.1) is 0 Å². The molecule has 0 aliphatic carbocycles. The number of pyridine rings is 4. The van der Waals surface area contributed by atoms with Gasteiger partial charge in [-0.05, 0) is 138 Å². The molecule has 8 bridgehead atoms. The molecule has 9 heterocycles. The molecule has 0 amide bonds. The van der Waals surface area contributed by atoms with Crippen LogP contribution in [0.2, 0.25) is 0 Å². The third-order valence-electron chi connectivity index (χ3n) is 13.9. The number of nitrogens with zero attached hydrogens (tertiary/aromatic N) is 6. The van der Waals surface area contributed by atoms with Crippen LogP contribution in [0.1, 0.15) is 22.8 Å². The summed E-state index contributed by atoms with van der Waals surface area (Å²) in [6.07, 6.45) is 17.1. The van der Waals surface area contributed by atoms with Crippen molar-refractivity contribution in [2.24, 2.45) is 28.2 Å². The average molecular weight is 879 g/mol. The molecule has 0 radical (unpaired) electrons. The molecule has 0 saturated heterocycles. The second-order valence-corrected chi connectivity index (χ2v) is 18.1. The van der Waals surface area contributed by atoms with E-state index >= 15 is 0 Å². The first-order valence-corrected chi connectivity index (χ1v) is 23.0. The first-order valence-electron chi connectivity index (χ1n) is 23.0. The zero-order valence-corrected chi connectivity index (χ0v) is 38.2. The number of aromatic nitrogens is 8. The number of aryl methyl sites for hydroxylation is 4. The van der Waals surface area contributed by atoms with Gasteiger partial charge in [-0.25, -0.2) is 28.2 Å². The van der Waals surface area contributed by atoms with Gasteiger partial charge in [0.1, 0.15) is 28.2 Å². The Kier molecular flexibility index (Phi) is 8.92. The Balaban J connectivity index is 1.19. The van der Waals surface area contributed by atoms with Crippen molar-refractivity contribution in [1.82, 2.24) is 19.9 Å². The first-order chi connectivity index (χ1) is 33.3. The number of hydrogen-bond donors (Lipinski definition) is 2. The maximum atomic E-state index is 5.62. The highest BCUT2D eigenvalue weighted by Gasteiger charge is 2.22. The standard InChI is InChI=1S/C60H45N8/c1-65-29-6-10-38-33-41(15-26-53(38)65)57-45-18-20-47(61-45)58(42-16-27-54-39(34-42)11-7-30-66(54)2)49-22-24-51(63-49)60(44-14-13-37-9-5-32-68(4)56(37)36-44)52-25-23-50(64-52)59(48-21-19-46(57)62-48)43-17-28-55-40(35-43)12-8-31-67(55)3/h5-36H,1-4H3,(H,61,62,63,64)/q+3/p+1. The Labute approximate surface area is 392 Å². The minimum atomic E-state index is 0.875. The SMILES string of the molecule is C[n+]1cccc2cc(-c3c4nc(c(-c5ccc6c(ccc[n+]6C)c5)c5ccc([nH]5)c(-c5ccc6ccc[n+](C)c6c5)c5nc(c(-c6ccc7c(ccc[n+]7C)c6)c6ccc3[nH]6)C=C5)C=C4)ccc21. The summed E-state index contributed by atoms with van der Waals surface area (Å²) in [5.74, 6) is 0. The molecular weight excluding hydrogens is 833 g/mol. The van der Waals surface area contributed by atoms with Crippen LogP contribution in [0, 0.1) is 0 Å². The maximum absolute atomic E-state index is 5.62. The molecule has 322 valence electrons. The quantitative estimate of drug-likeness (QED) is 0.173. The van der Waals surface area contributed by atoms with Crippen molar-refractivity contribution >= 4 is 90.0 Å². The zero-order chi connectivity index (χ0) is 45.6. The van der Waals surface area contributed by atoms with Crippen molar-refractivity contribution < 1.29 is 18.3 Å². The molecule has 68 heavy (non-hydrogen) atoms. The molecule has 11 aromatic rings. The topological polar surface area (TPSA) is 72.9 Å². The highest BCUT2D eigenvalue weighted by molar-refractivity contribution is 6.02. The van der Waals surface area contributed by atoms with Crippen LogP contribution < -0.4 is 18.3 Å². The van der Waals surface area contributed by atoms with Crippen molar-refractivity contribution in [2.75, 3.05) is 0 Å². The van der Waals surface area contributed by atoms with E-state index in [1.165, 1.54) is 5.39 Å². The number of aromatic amines is 2. The number of benzene rings is 4. The molecule has 0 saturated carbocycles. The van der Waals surface area contributed by atoms with Crippen molar-refractivity contribution in [2.45, 2.75) is 0 Å². The molecule has 8 nitrogen and oxygen atoms in total. The van der Waals surface area contributed by atoms with E-state index in [0.717, 1.165) is 128 Å². The largest absolute Gasteiger partial charge is 0.354 e. The third-order valence-corrected chi connectivity index (χ3v) is 13.9. The summed E-state index contributed by atoms with van der Waals surface area (Å²) in [5, 5.41) is 4.63. The van der Waals surface area contributed by atoms with Crippen LogP contribution in [0.5, 0.6) is 0 Å². The fraction of sp³-hybridized carbons (Fsp3) is 0.0667. The molecule has 0 spiro atoms. The summed E-state index contributed by atoms with van der Waals surface area (Å²) in [5.41, 5.74) is 20.3. The molecule has 2 aliphatic rings. The molecule has 0 fully saturated rings. The van der Waals surface area contributed by atoms with Gasteiger partial charge >= 0.3 is 0 Å². The molecule has 13 rings (SSSR count). The lowest BCUT2D eigenvalue weighted by molar-refractivity contribution is -0.645. The monoisotopic (exact) mass is 878 g/mol. The molecule has 0 unspecified atom stereocenters. The second kappa shape index (κ2) is 15.4. The van der Waals surface area contributed by atoms with Gasteiger partial charge < -0.3 is 9.97 Å². The lowest BCUT2D eigenvalue weighted by atomic mass is 10.0. The molecule has 4 aromatic carbocycles. The second-order valence-electron chi connectivity index (χ2n) is 18.1. The van der Waals surface area contributed by atoms with Gasteiger partial charge in [-0.3, -0.25) is 0 Å². The normalized spacial score (nSPS) is 12.3. The lowest BCUT2D eigenvalue weighted by Crippen LogP contribution is -2.27. The summed E-state index contributed by atoms with van der Waals surface area (Å²) in [6.45, 7) is 0. The molecule has 2 aliphatic heterocycles. The van der Waals surface area contributed by atoms with Crippen molar-refractivity contribution in [3.05, 3.63) is 193 Å². The van der Waals surface area contributed by atoms with E-state index in [1.807, 2.05) is 0 Å². The molecular formula is C60H46N8+4. The summed E-state index contributed by atoms with van der Waals surface area (Å²) < 4.78 is 8.68. The summed E-state index contributed by atoms with van der Waals surface area (Å²) in [7, 11) is 8.38. The van der Waals surface area contributed by atoms with Gasteiger partial charge in [0.25, 0.3) is 0 Å². The van der Waals surface area contributed by atoms with Gasteiger partial charge in [-0.2, -0.15) is 0 Å². The predicted molar refractivity (Wildman–Crippen MR) is 275 cm³/mol. The highest BCUT2D eigenvalue weighted by Crippen LogP contribution is 2.40. The molecule has 8 heteroatoms. The van der Waals surface area contributed by atoms with E-state index in [2.05, 4.69) is 251 Å². The predicted octanol–water partition coefficient (Wildman–Crippen LogP) is 11.2. The van der Waals surface area contributed by atoms with E-state index in [9.17, 15) is 0 Å². The zero-order valence-electron chi connectivity index (χ0n) is 38.2. The Morgan fingerprint density at radius 1 is 0.309 bits per heavy atom. The first kappa shape index (κ1) is 39.5. The number of nitrogens with one attached hydrogen (secondary N) is 2.